The first-order chi connectivity index (χ1) is 11.2. The first-order valence-electron chi connectivity index (χ1n) is 9.94. The third-order valence-corrected chi connectivity index (χ3v) is 5.28. The first kappa shape index (κ1) is 26.1. The quantitative estimate of drug-likeness (QED) is 0.249. The Balaban J connectivity index is 0. The van der Waals surface area contributed by atoms with Crippen LogP contribution in [0.1, 0.15) is 91.4 Å². The second kappa shape index (κ2) is 16.3. The molecule has 0 spiro atoms. The topological polar surface area (TPSA) is 57.2 Å². The highest BCUT2D eigenvalue weighted by Crippen LogP contribution is 2.12. The molecule has 0 aliphatic carbocycles. The number of nitrogens with zero attached hydrogens (tertiary/aromatic N) is 1. The normalized spacial score (nSPS) is 11.9. The smallest absolute Gasteiger partial charge is 0.0943 e. The van der Waals surface area contributed by atoms with Crippen molar-refractivity contribution in [1.29, 1.82) is 0 Å². The van der Waals surface area contributed by atoms with E-state index < -0.39 is 10.1 Å². The number of quaternary nitrogens is 1. The van der Waals surface area contributed by atoms with Crippen molar-refractivity contribution in [3.63, 3.8) is 0 Å². The number of rotatable bonds is 14. The van der Waals surface area contributed by atoms with Crippen molar-refractivity contribution < 1.29 is 17.5 Å². The summed E-state index contributed by atoms with van der Waals surface area (Å²) in [5, 5.41) is 0. The van der Waals surface area contributed by atoms with Crippen molar-refractivity contribution in [2.24, 2.45) is 0 Å². The van der Waals surface area contributed by atoms with E-state index in [1.807, 2.05) is 0 Å². The van der Waals surface area contributed by atoms with Crippen LogP contribution in [0.15, 0.2) is 0 Å². The van der Waals surface area contributed by atoms with Gasteiger partial charge in [0.1, 0.15) is 0 Å². The highest BCUT2D eigenvalue weighted by molar-refractivity contribution is 7.85. The Morgan fingerprint density at radius 1 is 0.708 bits per heavy atom. The molecule has 4 nitrogen and oxygen atoms in total. The van der Waals surface area contributed by atoms with Crippen LogP contribution < -0.4 is 0 Å². The van der Waals surface area contributed by atoms with Crippen LogP contribution in [0, 0.1) is 0 Å². The lowest BCUT2D eigenvalue weighted by molar-refractivity contribution is -0.888. The van der Waals surface area contributed by atoms with Gasteiger partial charge in [0.05, 0.1) is 37.3 Å². The van der Waals surface area contributed by atoms with Crippen LogP contribution in [-0.2, 0) is 10.1 Å². The second-order valence-corrected chi connectivity index (χ2v) is 9.05. The van der Waals surface area contributed by atoms with Gasteiger partial charge in [-0.25, -0.2) is 8.42 Å². The summed E-state index contributed by atoms with van der Waals surface area (Å²) in [6.07, 6.45) is 15.9. The van der Waals surface area contributed by atoms with Gasteiger partial charge in [-0.2, -0.15) is 0 Å². The zero-order chi connectivity index (χ0) is 18.9. The molecule has 5 heteroatoms. The van der Waals surface area contributed by atoms with E-state index in [4.69, 9.17) is 0 Å². The Labute approximate surface area is 152 Å². The predicted octanol–water partition coefficient (Wildman–Crippen LogP) is 4.95. The minimum Gasteiger partial charge on any atom is -0.748 e. The molecule has 0 aromatic carbocycles. The van der Waals surface area contributed by atoms with Crippen molar-refractivity contribution in [2.45, 2.75) is 91.4 Å². The highest BCUT2D eigenvalue weighted by atomic mass is 32.2. The minimum atomic E-state index is -3.91. The molecule has 0 rings (SSSR count). The van der Waals surface area contributed by atoms with E-state index in [1.54, 1.807) is 0 Å². The van der Waals surface area contributed by atoms with Gasteiger partial charge in [0.2, 0.25) is 0 Å². The molecule has 0 saturated heterocycles. The third kappa shape index (κ3) is 24.1. The molecule has 0 saturated carbocycles. The van der Waals surface area contributed by atoms with Crippen molar-refractivity contribution in [1.82, 2.24) is 0 Å². The summed E-state index contributed by atoms with van der Waals surface area (Å²) in [6, 6.07) is 0. The second-order valence-electron chi connectivity index (χ2n) is 7.36. The Kier molecular flexibility index (Phi) is 17.8. The van der Waals surface area contributed by atoms with Crippen LogP contribution in [0.5, 0.6) is 0 Å². The van der Waals surface area contributed by atoms with Crippen molar-refractivity contribution in [3.8, 4) is 0 Å². The lowest BCUT2D eigenvalue weighted by atomic mass is 10.1. The molecule has 148 valence electrons. The highest BCUT2D eigenvalue weighted by Gasteiger charge is 2.09. The zero-order valence-electron chi connectivity index (χ0n) is 17.0. The Bertz CT molecular complexity index is 354. The fourth-order valence-corrected chi connectivity index (χ4v) is 2.36. The molecular formula is C19H43NO3S. The predicted molar refractivity (Wildman–Crippen MR) is 104 cm³/mol. The molecule has 0 unspecified atom stereocenters. The summed E-state index contributed by atoms with van der Waals surface area (Å²) < 4.78 is 29.5. The molecule has 0 aromatic heterocycles. The Hall–Kier alpha value is -0.130. The number of hydrogen-bond donors (Lipinski definition) is 0. The van der Waals surface area contributed by atoms with E-state index in [2.05, 4.69) is 27.9 Å². The van der Waals surface area contributed by atoms with Gasteiger partial charge >= 0.3 is 0 Å². The molecular weight excluding hydrogens is 322 g/mol. The average molecular weight is 366 g/mol. The first-order valence-corrected chi connectivity index (χ1v) is 11.5. The standard InChI is InChI=1S/C17H38N.C2H6O3S/c1-5-7-8-9-10-11-12-13-14-15-16-17-18(3,4)6-2;1-2-6(3,4)5/h5-17H2,1-4H3;2H2,1H3,(H,3,4,5)/q+1;/p-1. The maximum Gasteiger partial charge on any atom is 0.0943 e. The van der Waals surface area contributed by atoms with E-state index in [-0.39, 0.29) is 5.75 Å². The van der Waals surface area contributed by atoms with Crippen molar-refractivity contribution in [3.05, 3.63) is 0 Å². The van der Waals surface area contributed by atoms with Crippen LogP contribution >= 0.6 is 0 Å². The SMILES string of the molecule is CCCCCCCCCCCCC[N+](C)(C)CC.CCS(=O)(=O)[O-]. The molecule has 0 radical (unpaired) electrons. The Morgan fingerprint density at radius 3 is 1.33 bits per heavy atom. The van der Waals surface area contributed by atoms with E-state index in [0.29, 0.717) is 0 Å². The van der Waals surface area contributed by atoms with Crippen LogP contribution in [0.3, 0.4) is 0 Å². The average Bonchev–Trinajstić information content (AvgIpc) is 2.52. The molecule has 0 atom stereocenters. The van der Waals surface area contributed by atoms with E-state index in [1.165, 1.54) is 95.1 Å². The largest absolute Gasteiger partial charge is 0.748 e. The van der Waals surface area contributed by atoms with Gasteiger partial charge in [-0.15, -0.1) is 0 Å². The fourth-order valence-electron chi connectivity index (χ4n) is 2.36. The summed E-state index contributed by atoms with van der Waals surface area (Å²) >= 11 is 0. The lowest BCUT2D eigenvalue weighted by Crippen LogP contribution is -2.39. The van der Waals surface area contributed by atoms with Gasteiger partial charge in [0, 0.05) is 5.75 Å². The van der Waals surface area contributed by atoms with E-state index >= 15 is 0 Å². The summed E-state index contributed by atoms with van der Waals surface area (Å²) in [5.74, 6) is -0.312. The van der Waals surface area contributed by atoms with E-state index in [0.717, 1.165) is 0 Å². The van der Waals surface area contributed by atoms with Crippen LogP contribution in [0.4, 0.5) is 0 Å². The molecule has 0 N–H and O–H groups in total. The molecule has 0 bridgehead atoms. The lowest BCUT2D eigenvalue weighted by Gasteiger charge is -2.28. The molecule has 0 aromatic rings. The van der Waals surface area contributed by atoms with Gasteiger partial charge in [-0.05, 0) is 19.8 Å². The zero-order valence-corrected chi connectivity index (χ0v) is 17.8. The van der Waals surface area contributed by atoms with Gasteiger partial charge in [0.15, 0.2) is 0 Å². The molecule has 0 aliphatic heterocycles. The van der Waals surface area contributed by atoms with Crippen LogP contribution in [0.25, 0.3) is 0 Å². The molecule has 0 aliphatic rings. The summed E-state index contributed by atoms with van der Waals surface area (Å²) in [7, 11) is 0.775. The van der Waals surface area contributed by atoms with Gasteiger partial charge in [-0.1, -0.05) is 71.6 Å². The maximum absolute atomic E-state index is 9.44. The van der Waals surface area contributed by atoms with Gasteiger partial charge in [-0.3, -0.25) is 0 Å². The molecule has 0 fully saturated rings. The maximum atomic E-state index is 9.44. The summed E-state index contributed by atoms with van der Waals surface area (Å²) in [5.41, 5.74) is 0. The van der Waals surface area contributed by atoms with E-state index in [9.17, 15) is 13.0 Å². The van der Waals surface area contributed by atoms with Crippen LogP contribution in [-0.4, -0.2) is 50.4 Å². The Morgan fingerprint density at radius 2 is 1.04 bits per heavy atom. The monoisotopic (exact) mass is 365 g/mol. The van der Waals surface area contributed by atoms with Crippen molar-refractivity contribution >= 4 is 10.1 Å². The molecule has 0 heterocycles. The summed E-state index contributed by atoms with van der Waals surface area (Å²) in [6.45, 7) is 8.50. The summed E-state index contributed by atoms with van der Waals surface area (Å²) in [4.78, 5) is 0. The fraction of sp³-hybridized carbons (Fsp3) is 1.00. The number of unbranched alkanes of at least 4 members (excludes halogenated alkanes) is 10. The van der Waals surface area contributed by atoms with Crippen LogP contribution in [0.2, 0.25) is 0 Å². The minimum absolute atomic E-state index is 0.312. The molecule has 24 heavy (non-hydrogen) atoms. The van der Waals surface area contributed by atoms with Gasteiger partial charge < -0.3 is 9.04 Å². The van der Waals surface area contributed by atoms with Crippen molar-refractivity contribution in [2.75, 3.05) is 32.9 Å². The van der Waals surface area contributed by atoms with Gasteiger partial charge in [0.25, 0.3) is 0 Å². The molecule has 0 amide bonds. The third-order valence-electron chi connectivity index (χ3n) is 4.58. The number of hydrogen-bond acceptors (Lipinski definition) is 3.